The van der Waals surface area contributed by atoms with Crippen molar-refractivity contribution in [1.82, 2.24) is 0 Å². The van der Waals surface area contributed by atoms with Crippen LogP contribution in [0.1, 0.15) is 77.6 Å². The molecule has 0 saturated carbocycles. The van der Waals surface area contributed by atoms with Crippen LogP contribution in [0.15, 0.2) is 24.3 Å². The Labute approximate surface area is 134 Å². The van der Waals surface area contributed by atoms with Crippen molar-refractivity contribution in [2.24, 2.45) is 0 Å². The monoisotopic (exact) mass is 312 g/mol. The highest BCUT2D eigenvalue weighted by Crippen LogP contribution is 2.10. The Bertz CT molecular complexity index is 310. The molecule has 0 fully saturated rings. The standard InChI is InChI=1S/C18H32O4/c1-2-3-4-5-6-7-8-11-14-17(22-21)15-12-9-10-13-16-18(19)20/h6-7,11,14,17,21H,2-5,8-10,12-13,15-16H2,1H3,(H,19,20)/b7-6-,14-11-/t17-/m1/s1. The second-order valence-corrected chi connectivity index (χ2v) is 5.62. The third kappa shape index (κ3) is 15.3. The fourth-order valence-corrected chi connectivity index (χ4v) is 2.19. The van der Waals surface area contributed by atoms with Crippen LogP contribution < -0.4 is 0 Å². The van der Waals surface area contributed by atoms with Crippen molar-refractivity contribution in [3.8, 4) is 0 Å². The average molecular weight is 312 g/mol. The van der Waals surface area contributed by atoms with Gasteiger partial charge in [0.1, 0.15) is 6.10 Å². The van der Waals surface area contributed by atoms with E-state index in [-0.39, 0.29) is 12.5 Å². The van der Waals surface area contributed by atoms with Gasteiger partial charge in [0, 0.05) is 6.42 Å². The van der Waals surface area contributed by atoms with Crippen molar-refractivity contribution in [3.05, 3.63) is 24.3 Å². The zero-order valence-electron chi connectivity index (χ0n) is 13.9. The first-order valence-electron chi connectivity index (χ1n) is 8.54. The van der Waals surface area contributed by atoms with Crippen molar-refractivity contribution >= 4 is 5.97 Å². The van der Waals surface area contributed by atoms with Gasteiger partial charge in [-0.2, -0.15) is 0 Å². The Kier molecular flexibility index (Phi) is 15.4. The zero-order chi connectivity index (χ0) is 16.5. The first-order valence-corrected chi connectivity index (χ1v) is 8.54. The number of hydrogen-bond acceptors (Lipinski definition) is 3. The van der Waals surface area contributed by atoms with Gasteiger partial charge in [0.15, 0.2) is 0 Å². The maximum Gasteiger partial charge on any atom is 0.303 e. The second kappa shape index (κ2) is 16.2. The number of carboxylic acids is 1. The van der Waals surface area contributed by atoms with E-state index in [9.17, 15) is 4.79 Å². The smallest absolute Gasteiger partial charge is 0.303 e. The molecule has 1 atom stereocenters. The highest BCUT2D eigenvalue weighted by atomic mass is 17.1. The van der Waals surface area contributed by atoms with Crippen LogP contribution in [0.4, 0.5) is 0 Å². The molecule has 0 amide bonds. The molecule has 128 valence electrons. The van der Waals surface area contributed by atoms with Crippen molar-refractivity contribution in [1.29, 1.82) is 0 Å². The van der Waals surface area contributed by atoms with Crippen molar-refractivity contribution in [2.45, 2.75) is 83.7 Å². The number of hydrogen-bond donors (Lipinski definition) is 2. The van der Waals surface area contributed by atoms with Gasteiger partial charge < -0.3 is 5.11 Å². The minimum absolute atomic E-state index is 0.240. The largest absolute Gasteiger partial charge is 0.481 e. The lowest BCUT2D eigenvalue weighted by Crippen LogP contribution is -2.06. The molecule has 22 heavy (non-hydrogen) atoms. The third-order valence-electron chi connectivity index (χ3n) is 3.53. The molecule has 4 nitrogen and oxygen atoms in total. The summed E-state index contributed by atoms with van der Waals surface area (Å²) in [6.07, 6.45) is 18.3. The summed E-state index contributed by atoms with van der Waals surface area (Å²) in [5.41, 5.74) is 0. The lowest BCUT2D eigenvalue weighted by atomic mass is 10.1. The number of unbranched alkanes of at least 4 members (excludes halogenated alkanes) is 6. The molecule has 0 aromatic carbocycles. The van der Waals surface area contributed by atoms with E-state index in [2.05, 4.69) is 24.0 Å². The van der Waals surface area contributed by atoms with Gasteiger partial charge in [-0.3, -0.25) is 10.1 Å². The van der Waals surface area contributed by atoms with Gasteiger partial charge in [0.2, 0.25) is 0 Å². The molecule has 4 heteroatoms. The van der Waals surface area contributed by atoms with E-state index in [1.165, 1.54) is 19.3 Å². The van der Waals surface area contributed by atoms with E-state index < -0.39 is 5.97 Å². The Morgan fingerprint density at radius 3 is 2.50 bits per heavy atom. The van der Waals surface area contributed by atoms with Gasteiger partial charge in [0.05, 0.1) is 0 Å². The van der Waals surface area contributed by atoms with E-state index in [4.69, 9.17) is 10.4 Å². The molecule has 0 rings (SSSR count). The van der Waals surface area contributed by atoms with Crippen LogP contribution in [-0.2, 0) is 9.68 Å². The highest BCUT2D eigenvalue weighted by Gasteiger charge is 2.04. The Balaban J connectivity index is 3.60. The first kappa shape index (κ1) is 20.9. The summed E-state index contributed by atoms with van der Waals surface area (Å²) < 4.78 is 0. The number of carbonyl (C=O) groups is 1. The molecule has 0 bridgehead atoms. The molecule has 0 radical (unpaired) electrons. The lowest BCUT2D eigenvalue weighted by Gasteiger charge is -2.08. The first-order chi connectivity index (χ1) is 10.7. The van der Waals surface area contributed by atoms with Crippen molar-refractivity contribution in [3.63, 3.8) is 0 Å². The second-order valence-electron chi connectivity index (χ2n) is 5.62. The zero-order valence-corrected chi connectivity index (χ0v) is 13.9. The van der Waals surface area contributed by atoms with Crippen LogP contribution >= 0.6 is 0 Å². The summed E-state index contributed by atoms with van der Waals surface area (Å²) in [7, 11) is 0. The summed E-state index contributed by atoms with van der Waals surface area (Å²) in [5.74, 6) is -0.734. The van der Waals surface area contributed by atoms with Crippen LogP contribution in [0.25, 0.3) is 0 Å². The van der Waals surface area contributed by atoms with Crippen LogP contribution in [0.3, 0.4) is 0 Å². The summed E-state index contributed by atoms with van der Waals surface area (Å²) in [6, 6.07) is 0. The van der Waals surface area contributed by atoms with E-state index in [1.54, 1.807) is 0 Å². The van der Waals surface area contributed by atoms with E-state index in [0.717, 1.165) is 44.9 Å². The molecule has 0 saturated heterocycles. The number of rotatable bonds is 15. The van der Waals surface area contributed by atoms with Gasteiger partial charge in [-0.1, -0.05) is 63.3 Å². The fraction of sp³-hybridized carbons (Fsp3) is 0.722. The predicted molar refractivity (Wildman–Crippen MR) is 89.9 cm³/mol. The number of allylic oxidation sites excluding steroid dienone is 3. The van der Waals surface area contributed by atoms with Crippen LogP contribution in [0.2, 0.25) is 0 Å². The van der Waals surface area contributed by atoms with Crippen LogP contribution in [-0.4, -0.2) is 22.4 Å². The average Bonchev–Trinajstić information content (AvgIpc) is 2.50. The molecule has 2 N–H and O–H groups in total. The molecule has 0 aliphatic heterocycles. The number of aliphatic carboxylic acids is 1. The van der Waals surface area contributed by atoms with Gasteiger partial charge >= 0.3 is 5.97 Å². The highest BCUT2D eigenvalue weighted by molar-refractivity contribution is 5.66. The molecule has 0 spiro atoms. The predicted octanol–water partition coefficient (Wildman–Crippen LogP) is 5.35. The van der Waals surface area contributed by atoms with Gasteiger partial charge in [-0.15, -0.1) is 0 Å². The van der Waals surface area contributed by atoms with Crippen molar-refractivity contribution in [2.75, 3.05) is 0 Å². The Morgan fingerprint density at radius 2 is 1.82 bits per heavy atom. The third-order valence-corrected chi connectivity index (χ3v) is 3.53. The Hall–Kier alpha value is -1.13. The van der Waals surface area contributed by atoms with E-state index >= 15 is 0 Å². The van der Waals surface area contributed by atoms with Gasteiger partial charge in [-0.05, 0) is 32.1 Å². The molecular weight excluding hydrogens is 280 g/mol. The van der Waals surface area contributed by atoms with Crippen LogP contribution in [0, 0.1) is 0 Å². The molecule has 0 heterocycles. The SMILES string of the molecule is CCCCC/C=C\C/C=C\[C@H](CCCCCCC(=O)O)OO. The maximum absolute atomic E-state index is 10.4. The molecule has 0 aromatic heterocycles. The Morgan fingerprint density at radius 1 is 1.05 bits per heavy atom. The topological polar surface area (TPSA) is 66.8 Å². The minimum atomic E-state index is -0.734. The molecule has 0 unspecified atom stereocenters. The summed E-state index contributed by atoms with van der Waals surface area (Å²) in [6.45, 7) is 2.20. The summed E-state index contributed by atoms with van der Waals surface area (Å²) >= 11 is 0. The van der Waals surface area contributed by atoms with Crippen molar-refractivity contribution < 1.29 is 20.0 Å². The quantitative estimate of drug-likeness (QED) is 0.185. The van der Waals surface area contributed by atoms with Crippen LogP contribution in [0.5, 0.6) is 0 Å². The molecule has 0 aliphatic rings. The molecule has 0 aromatic rings. The molecular formula is C18H32O4. The van der Waals surface area contributed by atoms with E-state index in [0.29, 0.717) is 0 Å². The van der Waals surface area contributed by atoms with E-state index in [1.807, 2.05) is 12.2 Å². The normalized spacial score (nSPS) is 13.2. The maximum atomic E-state index is 10.4. The summed E-state index contributed by atoms with van der Waals surface area (Å²) in [4.78, 5) is 14.8. The summed E-state index contributed by atoms with van der Waals surface area (Å²) in [5, 5.41) is 17.4. The fourth-order valence-electron chi connectivity index (χ4n) is 2.19. The molecule has 0 aliphatic carbocycles. The number of carboxylic acid groups (broad SMARTS) is 1. The lowest BCUT2D eigenvalue weighted by molar-refractivity contribution is -0.267. The minimum Gasteiger partial charge on any atom is -0.481 e. The van der Waals surface area contributed by atoms with Gasteiger partial charge in [-0.25, -0.2) is 4.89 Å². The van der Waals surface area contributed by atoms with Gasteiger partial charge in [0.25, 0.3) is 0 Å².